The highest BCUT2D eigenvalue weighted by Gasteiger charge is 2.24. The smallest absolute Gasteiger partial charge is 0.146 e. The Labute approximate surface area is 60.8 Å². The maximum atomic E-state index is 13.1. The van der Waals surface area contributed by atoms with E-state index >= 15 is 0 Å². The number of halogens is 1. The monoisotopic (exact) mass is 144 g/mol. The van der Waals surface area contributed by atoms with Gasteiger partial charge in [0, 0.05) is 19.5 Å². The van der Waals surface area contributed by atoms with Crippen LogP contribution in [0.2, 0.25) is 0 Å². The summed E-state index contributed by atoms with van der Waals surface area (Å²) in [4.78, 5) is 0. The Morgan fingerprint density at radius 2 is 1.90 bits per heavy atom. The lowest BCUT2D eigenvalue weighted by atomic mass is 10.0. The molecule has 0 fully saturated rings. The molecule has 0 aliphatic carbocycles. The lowest BCUT2D eigenvalue weighted by Gasteiger charge is -2.17. The Hall–Kier alpha value is -0.590. The molecule has 58 valence electrons. The first-order chi connectivity index (χ1) is 4.68. The molecule has 0 saturated heterocycles. The molecule has 0 unspecified atom stereocenters. The molecule has 0 amide bonds. The van der Waals surface area contributed by atoms with Crippen LogP contribution in [0.15, 0.2) is 0 Å². The number of nitrogens with two attached hydrogens (primary N) is 2. The molecule has 0 radical (unpaired) electrons. The van der Waals surface area contributed by atoms with E-state index in [1.165, 1.54) is 0 Å². The van der Waals surface area contributed by atoms with Crippen LogP contribution in [0.4, 0.5) is 4.39 Å². The third-order valence-corrected chi connectivity index (χ3v) is 1.31. The Balaban J connectivity index is 3.88. The Kier molecular flexibility index (Phi) is 4.01. The first-order valence-corrected chi connectivity index (χ1v) is 3.17. The van der Waals surface area contributed by atoms with Gasteiger partial charge < -0.3 is 11.5 Å². The van der Waals surface area contributed by atoms with Crippen molar-refractivity contribution in [3.8, 4) is 11.8 Å². The summed E-state index contributed by atoms with van der Waals surface area (Å²) in [5.74, 6) is 5.20. The van der Waals surface area contributed by atoms with E-state index in [1.54, 1.807) is 6.92 Å². The Morgan fingerprint density at radius 3 is 2.20 bits per heavy atom. The lowest BCUT2D eigenvalue weighted by Crippen LogP contribution is -2.40. The van der Waals surface area contributed by atoms with Crippen molar-refractivity contribution in [1.29, 1.82) is 0 Å². The average molecular weight is 144 g/mol. The highest BCUT2D eigenvalue weighted by Crippen LogP contribution is 2.10. The first kappa shape index (κ1) is 9.41. The normalized spacial score (nSPS) is 10.4. The molecule has 2 nitrogen and oxygen atoms in total. The van der Waals surface area contributed by atoms with Crippen molar-refractivity contribution in [2.24, 2.45) is 11.5 Å². The summed E-state index contributed by atoms with van der Waals surface area (Å²) < 4.78 is 13.1. The second kappa shape index (κ2) is 4.26. The fraction of sp³-hybridized carbons (Fsp3) is 0.714. The molecule has 0 rings (SSSR count). The molecule has 0 aliphatic heterocycles. The van der Waals surface area contributed by atoms with E-state index in [9.17, 15) is 4.39 Å². The molecule has 0 heterocycles. The quantitative estimate of drug-likeness (QED) is 0.549. The van der Waals surface area contributed by atoms with Gasteiger partial charge in [0.25, 0.3) is 0 Å². The van der Waals surface area contributed by atoms with E-state index in [4.69, 9.17) is 11.5 Å². The minimum atomic E-state index is -1.48. The van der Waals surface area contributed by atoms with Gasteiger partial charge >= 0.3 is 0 Å². The van der Waals surface area contributed by atoms with Crippen molar-refractivity contribution in [3.63, 3.8) is 0 Å². The summed E-state index contributed by atoms with van der Waals surface area (Å²) >= 11 is 0. The third kappa shape index (κ3) is 2.81. The molecule has 0 aliphatic rings. The second-order valence-electron chi connectivity index (χ2n) is 2.16. The van der Waals surface area contributed by atoms with Crippen LogP contribution in [-0.2, 0) is 0 Å². The van der Waals surface area contributed by atoms with Crippen molar-refractivity contribution in [1.82, 2.24) is 0 Å². The summed E-state index contributed by atoms with van der Waals surface area (Å²) in [6, 6.07) is 0. The topological polar surface area (TPSA) is 52.0 Å². The SMILES string of the molecule is CC#CCC(F)(CN)CN. The number of hydrogen-bond acceptors (Lipinski definition) is 2. The van der Waals surface area contributed by atoms with Crippen LogP contribution in [0.25, 0.3) is 0 Å². The van der Waals surface area contributed by atoms with Gasteiger partial charge in [0.2, 0.25) is 0 Å². The molecule has 4 N–H and O–H groups in total. The molecule has 0 aromatic rings. The number of hydrogen-bond donors (Lipinski definition) is 2. The molecule has 0 bridgehead atoms. The molecule has 0 aromatic heterocycles. The summed E-state index contributed by atoms with van der Waals surface area (Å²) in [5, 5.41) is 0. The van der Waals surface area contributed by atoms with Crippen molar-refractivity contribution < 1.29 is 4.39 Å². The largest absolute Gasteiger partial charge is 0.327 e. The maximum absolute atomic E-state index is 13.1. The van der Waals surface area contributed by atoms with Gasteiger partial charge in [-0.3, -0.25) is 0 Å². The average Bonchev–Trinajstić information content (AvgIpc) is 2.00. The van der Waals surface area contributed by atoms with E-state index in [1.807, 2.05) is 0 Å². The Morgan fingerprint density at radius 1 is 1.40 bits per heavy atom. The van der Waals surface area contributed by atoms with Crippen LogP contribution in [-0.4, -0.2) is 18.8 Å². The molecule has 0 atom stereocenters. The van der Waals surface area contributed by atoms with Gasteiger partial charge in [0.05, 0.1) is 0 Å². The van der Waals surface area contributed by atoms with Crippen LogP contribution < -0.4 is 11.5 Å². The summed E-state index contributed by atoms with van der Waals surface area (Å²) in [6.07, 6.45) is 0.135. The first-order valence-electron chi connectivity index (χ1n) is 3.17. The standard InChI is InChI=1S/C7H13FN2/c1-2-3-4-7(8,5-9)6-10/h4-6,9-10H2,1H3. The van der Waals surface area contributed by atoms with Crippen LogP contribution in [0, 0.1) is 11.8 Å². The van der Waals surface area contributed by atoms with Crippen molar-refractivity contribution in [3.05, 3.63) is 0 Å². The second-order valence-corrected chi connectivity index (χ2v) is 2.16. The minimum Gasteiger partial charge on any atom is -0.327 e. The van der Waals surface area contributed by atoms with Crippen LogP contribution in [0.1, 0.15) is 13.3 Å². The van der Waals surface area contributed by atoms with Crippen LogP contribution in [0.5, 0.6) is 0 Å². The number of rotatable bonds is 3. The van der Waals surface area contributed by atoms with Crippen molar-refractivity contribution >= 4 is 0 Å². The summed E-state index contributed by atoms with van der Waals surface area (Å²) in [5.41, 5.74) is 8.79. The predicted molar refractivity (Wildman–Crippen MR) is 40.0 cm³/mol. The molecule has 0 spiro atoms. The van der Waals surface area contributed by atoms with Gasteiger partial charge in [0.15, 0.2) is 0 Å². The van der Waals surface area contributed by atoms with Gasteiger partial charge in [-0.25, -0.2) is 4.39 Å². The zero-order chi connectivity index (χ0) is 8.04. The maximum Gasteiger partial charge on any atom is 0.146 e. The molecule has 10 heavy (non-hydrogen) atoms. The summed E-state index contributed by atoms with van der Waals surface area (Å²) in [6.45, 7) is 1.55. The third-order valence-electron chi connectivity index (χ3n) is 1.31. The van der Waals surface area contributed by atoms with E-state index in [0.29, 0.717) is 0 Å². The van der Waals surface area contributed by atoms with Gasteiger partial charge in [0.1, 0.15) is 5.67 Å². The molecule has 3 heteroatoms. The molecular formula is C7H13FN2. The highest BCUT2D eigenvalue weighted by molar-refractivity contribution is 5.02. The van der Waals surface area contributed by atoms with Gasteiger partial charge in [-0.2, -0.15) is 0 Å². The van der Waals surface area contributed by atoms with Crippen LogP contribution >= 0.6 is 0 Å². The lowest BCUT2D eigenvalue weighted by molar-refractivity contribution is 0.191. The highest BCUT2D eigenvalue weighted by atomic mass is 19.1. The van der Waals surface area contributed by atoms with Gasteiger partial charge in [-0.1, -0.05) is 0 Å². The van der Waals surface area contributed by atoms with E-state index in [2.05, 4.69) is 11.8 Å². The molecular weight excluding hydrogens is 131 g/mol. The van der Waals surface area contributed by atoms with Crippen molar-refractivity contribution in [2.45, 2.75) is 19.0 Å². The van der Waals surface area contributed by atoms with Crippen molar-refractivity contribution in [2.75, 3.05) is 13.1 Å². The molecule has 0 saturated carbocycles. The zero-order valence-corrected chi connectivity index (χ0v) is 6.15. The van der Waals surface area contributed by atoms with E-state index in [0.717, 1.165) is 0 Å². The summed E-state index contributed by atoms with van der Waals surface area (Å²) in [7, 11) is 0. The fourth-order valence-electron chi connectivity index (χ4n) is 0.474. The predicted octanol–water partition coefficient (Wildman–Crippen LogP) is 0.0255. The minimum absolute atomic E-state index is 0.0574. The Bertz CT molecular complexity index is 141. The van der Waals surface area contributed by atoms with E-state index < -0.39 is 5.67 Å². The van der Waals surface area contributed by atoms with Gasteiger partial charge in [-0.15, -0.1) is 11.8 Å². The number of alkyl halides is 1. The van der Waals surface area contributed by atoms with E-state index in [-0.39, 0.29) is 19.5 Å². The zero-order valence-electron chi connectivity index (χ0n) is 6.15. The fourth-order valence-corrected chi connectivity index (χ4v) is 0.474. The van der Waals surface area contributed by atoms with Gasteiger partial charge in [-0.05, 0) is 6.92 Å². The van der Waals surface area contributed by atoms with Crippen LogP contribution in [0.3, 0.4) is 0 Å². The molecule has 0 aromatic carbocycles.